The van der Waals surface area contributed by atoms with Gasteiger partial charge < -0.3 is 9.64 Å². The van der Waals surface area contributed by atoms with E-state index < -0.39 is 0 Å². The lowest BCUT2D eigenvalue weighted by Crippen LogP contribution is -2.50. The Bertz CT molecular complexity index is 802. The maximum Gasteiger partial charge on any atom is 0.410 e. The molecule has 2 bridgehead atoms. The third-order valence-corrected chi connectivity index (χ3v) is 5.47. The second-order valence-electron chi connectivity index (χ2n) is 6.93. The predicted octanol–water partition coefficient (Wildman–Crippen LogP) is 3.87. The van der Waals surface area contributed by atoms with Gasteiger partial charge in [0.1, 0.15) is 12.4 Å². The average molecular weight is 335 g/mol. The van der Waals surface area contributed by atoms with Crippen LogP contribution in [0.1, 0.15) is 41.4 Å². The highest BCUT2D eigenvalue weighted by Gasteiger charge is 2.47. The van der Waals surface area contributed by atoms with Crippen molar-refractivity contribution in [2.24, 2.45) is 0 Å². The van der Waals surface area contributed by atoms with Gasteiger partial charge in [-0.25, -0.2) is 4.79 Å². The first kappa shape index (κ1) is 15.9. The summed E-state index contributed by atoms with van der Waals surface area (Å²) in [6.07, 6.45) is 1.04. The molecule has 0 spiro atoms. The van der Waals surface area contributed by atoms with E-state index in [4.69, 9.17) is 4.74 Å². The van der Waals surface area contributed by atoms with Gasteiger partial charge in [0, 0.05) is 19.5 Å². The molecule has 0 radical (unpaired) electrons. The first-order valence-corrected chi connectivity index (χ1v) is 8.70. The molecule has 5 rings (SSSR count). The normalized spacial score (nSPS) is 23.9. The largest absolute Gasteiger partial charge is 0.445 e. The number of carbonyl (C=O) groups is 2. The van der Waals surface area contributed by atoms with Crippen LogP contribution in [-0.2, 0) is 16.1 Å². The maximum atomic E-state index is 12.6. The molecule has 0 heterocycles. The fourth-order valence-electron chi connectivity index (χ4n) is 4.22. The molecule has 25 heavy (non-hydrogen) atoms. The predicted molar refractivity (Wildman–Crippen MR) is 94.3 cm³/mol. The summed E-state index contributed by atoms with van der Waals surface area (Å²) in [6, 6.07) is 17.6. The van der Waals surface area contributed by atoms with Crippen LogP contribution >= 0.6 is 0 Å². The van der Waals surface area contributed by atoms with E-state index in [2.05, 4.69) is 6.07 Å². The summed E-state index contributed by atoms with van der Waals surface area (Å²) in [5.74, 6) is 0.223. The van der Waals surface area contributed by atoms with Gasteiger partial charge in [-0.15, -0.1) is 0 Å². The second-order valence-corrected chi connectivity index (χ2v) is 6.93. The molecule has 0 saturated heterocycles. The van der Waals surface area contributed by atoms with Crippen molar-refractivity contribution < 1.29 is 14.3 Å². The standard InChI is InChI=1S/C21H21NO3/c1-22(21(24)25-13-14-7-3-2-4-8-14)18-11-15-12-19(23)20(18)17-10-6-5-9-16(15)17/h2-10,15,18,20H,11-13H2,1H3/t15-,18-,20+/m0/s1. The highest BCUT2D eigenvalue weighted by atomic mass is 16.6. The minimum absolute atomic E-state index is 0.121. The second kappa shape index (κ2) is 6.36. The molecule has 128 valence electrons. The SMILES string of the molecule is CN(C(=O)OCc1ccccc1)[C@H]1C[C@H]2CC(=O)[C@@H]1c1ccccc12. The summed E-state index contributed by atoms with van der Waals surface area (Å²) in [5, 5.41) is 0. The highest BCUT2D eigenvalue weighted by Crippen LogP contribution is 2.48. The van der Waals surface area contributed by atoms with E-state index in [0.29, 0.717) is 6.42 Å². The Morgan fingerprint density at radius 3 is 2.52 bits per heavy atom. The van der Waals surface area contributed by atoms with Crippen molar-refractivity contribution in [1.82, 2.24) is 4.90 Å². The molecule has 0 aliphatic heterocycles. The number of hydrogen-bond acceptors (Lipinski definition) is 3. The zero-order valence-electron chi connectivity index (χ0n) is 14.2. The van der Waals surface area contributed by atoms with Crippen LogP contribution in [0.5, 0.6) is 0 Å². The molecule has 0 unspecified atom stereocenters. The number of carbonyl (C=O) groups excluding carboxylic acids is 2. The van der Waals surface area contributed by atoms with Gasteiger partial charge in [0.25, 0.3) is 0 Å². The molecular formula is C21H21NO3. The minimum Gasteiger partial charge on any atom is -0.445 e. The number of hydrogen-bond donors (Lipinski definition) is 0. The van der Waals surface area contributed by atoms with Crippen molar-refractivity contribution in [3.8, 4) is 0 Å². The quantitative estimate of drug-likeness (QED) is 0.855. The molecule has 2 aromatic rings. The number of amides is 1. The van der Waals surface area contributed by atoms with Crippen molar-refractivity contribution in [2.75, 3.05) is 7.05 Å². The van der Waals surface area contributed by atoms with Crippen molar-refractivity contribution in [2.45, 2.75) is 37.3 Å². The number of benzene rings is 2. The van der Waals surface area contributed by atoms with Crippen molar-refractivity contribution in [1.29, 1.82) is 0 Å². The van der Waals surface area contributed by atoms with E-state index in [-0.39, 0.29) is 36.4 Å². The zero-order chi connectivity index (χ0) is 17.4. The van der Waals surface area contributed by atoms with Gasteiger partial charge >= 0.3 is 6.09 Å². The van der Waals surface area contributed by atoms with Gasteiger partial charge in [-0.3, -0.25) is 4.79 Å². The molecule has 3 aliphatic carbocycles. The van der Waals surface area contributed by atoms with E-state index in [0.717, 1.165) is 17.5 Å². The summed E-state index contributed by atoms with van der Waals surface area (Å²) < 4.78 is 5.45. The zero-order valence-corrected chi connectivity index (χ0v) is 14.2. The molecule has 4 heteroatoms. The molecule has 2 aromatic carbocycles. The lowest BCUT2D eigenvalue weighted by Gasteiger charge is -2.45. The first-order valence-electron chi connectivity index (χ1n) is 8.70. The summed E-state index contributed by atoms with van der Waals surface area (Å²) >= 11 is 0. The van der Waals surface area contributed by atoms with Crippen LogP contribution in [0.2, 0.25) is 0 Å². The highest BCUT2D eigenvalue weighted by molar-refractivity contribution is 5.91. The number of nitrogens with zero attached hydrogens (tertiary/aromatic N) is 1. The summed E-state index contributed by atoms with van der Waals surface area (Å²) in [5.41, 5.74) is 3.31. The number of Topliss-reactive ketones (excluding diaryl/α,β-unsaturated/α-hetero) is 1. The van der Waals surface area contributed by atoms with E-state index in [1.165, 1.54) is 5.56 Å². The van der Waals surface area contributed by atoms with Gasteiger partial charge in [0.15, 0.2) is 0 Å². The molecule has 0 aromatic heterocycles. The lowest BCUT2D eigenvalue weighted by molar-refractivity contribution is -0.125. The van der Waals surface area contributed by atoms with E-state index in [1.54, 1.807) is 11.9 Å². The Morgan fingerprint density at radius 1 is 1.08 bits per heavy atom. The number of ketones is 1. The molecule has 3 aliphatic rings. The van der Waals surface area contributed by atoms with Crippen molar-refractivity contribution >= 4 is 11.9 Å². The van der Waals surface area contributed by atoms with Gasteiger partial charge in [-0.1, -0.05) is 54.6 Å². The van der Waals surface area contributed by atoms with Crippen molar-refractivity contribution in [3.05, 3.63) is 71.3 Å². The topological polar surface area (TPSA) is 46.6 Å². The van der Waals surface area contributed by atoms with Crippen molar-refractivity contribution in [3.63, 3.8) is 0 Å². The fraction of sp³-hybridized carbons (Fsp3) is 0.333. The third-order valence-electron chi connectivity index (χ3n) is 5.47. The Morgan fingerprint density at radius 2 is 1.76 bits per heavy atom. The molecule has 3 atom stereocenters. The first-order chi connectivity index (χ1) is 12.1. The number of fused-ring (bicyclic) bond motifs is 2. The van der Waals surface area contributed by atoms with Gasteiger partial charge in [-0.2, -0.15) is 0 Å². The smallest absolute Gasteiger partial charge is 0.410 e. The summed E-state index contributed by atoms with van der Waals surface area (Å²) in [4.78, 5) is 26.7. The molecule has 4 nitrogen and oxygen atoms in total. The Kier molecular flexibility index (Phi) is 4.04. The lowest BCUT2D eigenvalue weighted by atomic mass is 9.63. The number of ether oxygens (including phenoxy) is 1. The maximum absolute atomic E-state index is 12.6. The third kappa shape index (κ3) is 2.82. The molecule has 1 saturated carbocycles. The average Bonchev–Trinajstić information content (AvgIpc) is 2.66. The van der Waals surface area contributed by atoms with E-state index in [9.17, 15) is 9.59 Å². The Hall–Kier alpha value is -2.62. The number of likely N-dealkylation sites (N-methyl/N-ethyl adjacent to an activating group) is 1. The molecule has 1 fully saturated rings. The van der Waals surface area contributed by atoms with Crippen LogP contribution < -0.4 is 0 Å². The van der Waals surface area contributed by atoms with E-state index in [1.807, 2.05) is 48.5 Å². The summed E-state index contributed by atoms with van der Waals surface area (Å²) in [6.45, 7) is 0.245. The van der Waals surface area contributed by atoms with Crippen LogP contribution in [-0.4, -0.2) is 29.9 Å². The Balaban J connectivity index is 1.50. The fourth-order valence-corrected chi connectivity index (χ4v) is 4.22. The van der Waals surface area contributed by atoms with Gasteiger partial charge in [0.05, 0.1) is 5.92 Å². The van der Waals surface area contributed by atoms with Gasteiger partial charge in [-0.05, 0) is 29.0 Å². The molecular weight excluding hydrogens is 314 g/mol. The van der Waals surface area contributed by atoms with Crippen LogP contribution in [0.4, 0.5) is 4.79 Å². The molecule has 0 N–H and O–H groups in total. The summed E-state index contributed by atoms with van der Waals surface area (Å²) in [7, 11) is 1.74. The molecule has 1 amide bonds. The van der Waals surface area contributed by atoms with Crippen LogP contribution in [0.25, 0.3) is 0 Å². The van der Waals surface area contributed by atoms with Gasteiger partial charge in [0.2, 0.25) is 0 Å². The van der Waals surface area contributed by atoms with Crippen LogP contribution in [0, 0.1) is 0 Å². The van der Waals surface area contributed by atoms with E-state index >= 15 is 0 Å². The minimum atomic E-state index is -0.369. The van der Waals surface area contributed by atoms with Crippen LogP contribution in [0.3, 0.4) is 0 Å². The number of rotatable bonds is 3. The monoisotopic (exact) mass is 335 g/mol. The van der Waals surface area contributed by atoms with Crippen LogP contribution in [0.15, 0.2) is 54.6 Å². The Labute approximate surface area is 147 Å².